The molecule has 0 bridgehead atoms. The second kappa shape index (κ2) is 19.8. The summed E-state index contributed by atoms with van der Waals surface area (Å²) in [6.07, 6.45) is 7.85. The van der Waals surface area contributed by atoms with Gasteiger partial charge in [-0.15, -0.1) is 0 Å². The van der Waals surface area contributed by atoms with E-state index in [1.165, 1.54) is 24.3 Å². The molecule has 2 aromatic heterocycles. The van der Waals surface area contributed by atoms with Crippen molar-refractivity contribution in [2.75, 3.05) is 93.2 Å². The van der Waals surface area contributed by atoms with Gasteiger partial charge in [0.25, 0.3) is 0 Å². The molecule has 21 heteroatoms. The highest BCUT2D eigenvalue weighted by Gasteiger charge is 2.37. The summed E-state index contributed by atoms with van der Waals surface area (Å²) in [7, 11) is 0.637. The van der Waals surface area contributed by atoms with Crippen molar-refractivity contribution in [3.8, 4) is 16.9 Å². The first kappa shape index (κ1) is 48.1. The minimum Gasteiger partial charge on any atom is -0.494 e. The van der Waals surface area contributed by atoms with E-state index in [9.17, 15) is 23.3 Å². The van der Waals surface area contributed by atoms with Gasteiger partial charge in [0.1, 0.15) is 36.2 Å². The zero-order chi connectivity index (χ0) is 48.7. The summed E-state index contributed by atoms with van der Waals surface area (Å²) >= 11 is 3.51. The molecule has 0 aliphatic carbocycles. The lowest BCUT2D eigenvalue weighted by Gasteiger charge is -2.44. The van der Waals surface area contributed by atoms with Crippen LogP contribution in [0.1, 0.15) is 43.6 Å². The predicted octanol–water partition coefficient (Wildman–Crippen LogP) is 6.96. The lowest BCUT2D eigenvalue weighted by molar-refractivity contribution is -0.137. The summed E-state index contributed by atoms with van der Waals surface area (Å²) < 4.78 is 66.2. The van der Waals surface area contributed by atoms with Gasteiger partial charge in [0.05, 0.1) is 41.0 Å². The van der Waals surface area contributed by atoms with Crippen molar-refractivity contribution < 1.29 is 36.9 Å². The maximum Gasteiger partial charge on any atom is 0.234 e. The number of nitrogens with zero attached hydrogens (tertiary/aromatic N) is 8. The van der Waals surface area contributed by atoms with Gasteiger partial charge in [0.15, 0.2) is 0 Å². The maximum atomic E-state index is 15.3. The number of rotatable bonds is 12. The van der Waals surface area contributed by atoms with Crippen molar-refractivity contribution in [1.29, 1.82) is 0 Å². The van der Waals surface area contributed by atoms with Crippen LogP contribution in [0.15, 0.2) is 65.5 Å². The number of hydrogen-bond donors (Lipinski definition) is 3. The molecule has 4 fully saturated rings. The van der Waals surface area contributed by atoms with Crippen LogP contribution < -0.4 is 35.8 Å². The van der Waals surface area contributed by atoms with Crippen LogP contribution in [0.4, 0.5) is 47.7 Å². The van der Waals surface area contributed by atoms with Gasteiger partial charge in [-0.1, -0.05) is 0 Å². The topological polar surface area (TPSA) is 170 Å². The first-order valence-electron chi connectivity index (χ1n) is 23.0. The number of aryl methyl sites for hydroxylation is 1. The first-order valence-corrected chi connectivity index (χ1v) is 26.4. The van der Waals surface area contributed by atoms with Crippen LogP contribution in [-0.4, -0.2) is 126 Å². The number of piperidine rings is 2. The third kappa shape index (κ3) is 10.3. The summed E-state index contributed by atoms with van der Waals surface area (Å²) in [6, 6.07) is 10.9. The Balaban J connectivity index is 0.828. The highest BCUT2D eigenvalue weighted by molar-refractivity contribution is 9.10. The van der Waals surface area contributed by atoms with Crippen LogP contribution in [0.2, 0.25) is 0 Å². The molecular formula is C48H54BrF3N11O5P. The molecule has 0 saturated carbocycles. The van der Waals surface area contributed by atoms with E-state index in [0.717, 1.165) is 55.8 Å². The molecule has 9 rings (SSSR count). The molecule has 364 valence electrons. The number of amides is 3. The van der Waals surface area contributed by atoms with E-state index in [4.69, 9.17) is 9.72 Å². The quantitative estimate of drug-likeness (QED) is 0.0867. The Bertz CT molecular complexity index is 2830. The lowest BCUT2D eigenvalue weighted by Crippen LogP contribution is -2.55. The Kier molecular flexibility index (Phi) is 13.8. The van der Waals surface area contributed by atoms with E-state index in [2.05, 4.69) is 51.8 Å². The normalized spacial score (nSPS) is 19.5. The number of carbonyl (C=O) groups excluding carboxylic acids is 3. The van der Waals surface area contributed by atoms with Crippen molar-refractivity contribution in [1.82, 2.24) is 34.9 Å². The molecular weight excluding hydrogens is 978 g/mol. The number of nitrogens with one attached hydrogen (secondary N) is 3. The highest BCUT2D eigenvalue weighted by atomic mass is 79.9. The molecule has 1 unspecified atom stereocenters. The summed E-state index contributed by atoms with van der Waals surface area (Å²) in [4.78, 5) is 55.5. The fourth-order valence-corrected chi connectivity index (χ4v) is 11.4. The maximum absolute atomic E-state index is 15.3. The van der Waals surface area contributed by atoms with E-state index < -0.39 is 42.3 Å². The van der Waals surface area contributed by atoms with E-state index in [-0.39, 0.29) is 36.2 Å². The number of aromatic nitrogens is 4. The Labute approximate surface area is 406 Å². The third-order valence-electron chi connectivity index (χ3n) is 13.6. The molecule has 3 aromatic carbocycles. The minimum atomic E-state index is -2.85. The monoisotopic (exact) mass is 1030 g/mol. The van der Waals surface area contributed by atoms with Gasteiger partial charge in [-0.3, -0.25) is 29.3 Å². The van der Waals surface area contributed by atoms with Crippen LogP contribution >= 0.6 is 23.1 Å². The standard InChI is InChI=1S/C48H54BrF3N11O5P/c1-59-26-29(24-54-59)34-22-39(56-48-53-25-35(49)45(58-48)55-38-7-5-30(50)19-42(38)69(3,4)67)41(68-2)23-40(34)61-13-10-31(11-14-61)60-15-17-62(18-16-60)47(66)28-9-12-63(27-28)32-20-36(51)44(37(52)21-32)33-6-8-43(64)57-46(33)65/h5,7,19-26,28,31,33H,6,8-18,27H2,1-4H3,(H,57,64,65)(H2,53,55,56,58)/t28-,33?/m1/s1. The van der Waals surface area contributed by atoms with Gasteiger partial charge < -0.3 is 34.6 Å². The molecule has 0 spiro atoms. The number of benzene rings is 3. The molecule has 4 saturated heterocycles. The van der Waals surface area contributed by atoms with Crippen LogP contribution in [0.5, 0.6) is 5.75 Å². The number of piperazine rings is 1. The lowest BCUT2D eigenvalue weighted by atomic mass is 9.89. The van der Waals surface area contributed by atoms with Gasteiger partial charge in [-0.05, 0) is 91.3 Å². The second-order valence-electron chi connectivity index (χ2n) is 18.5. The molecule has 16 nitrogen and oxygen atoms in total. The Hall–Kier alpha value is -5.98. The molecule has 2 atom stereocenters. The predicted molar refractivity (Wildman–Crippen MR) is 262 cm³/mol. The fraction of sp³-hybridized carbons (Fsp3) is 0.417. The summed E-state index contributed by atoms with van der Waals surface area (Å²) in [5.41, 5.74) is 3.94. The molecule has 4 aliphatic rings. The van der Waals surface area contributed by atoms with Crippen molar-refractivity contribution in [2.24, 2.45) is 13.0 Å². The molecule has 69 heavy (non-hydrogen) atoms. The molecule has 5 aromatic rings. The van der Waals surface area contributed by atoms with Gasteiger partial charge in [-0.2, -0.15) is 10.1 Å². The second-order valence-corrected chi connectivity index (χ2v) is 22.5. The van der Waals surface area contributed by atoms with E-state index >= 15 is 8.78 Å². The Morgan fingerprint density at radius 1 is 0.884 bits per heavy atom. The van der Waals surface area contributed by atoms with Crippen LogP contribution in [0.3, 0.4) is 0 Å². The Morgan fingerprint density at radius 2 is 1.61 bits per heavy atom. The summed E-state index contributed by atoms with van der Waals surface area (Å²) in [6.45, 7) is 8.27. The number of carbonyl (C=O) groups is 3. The van der Waals surface area contributed by atoms with Crippen LogP contribution in [-0.2, 0) is 26.0 Å². The van der Waals surface area contributed by atoms with Gasteiger partial charge in [0, 0.05) is 124 Å². The third-order valence-corrected chi connectivity index (χ3v) is 15.7. The summed E-state index contributed by atoms with van der Waals surface area (Å²) in [5.74, 6) is -3.39. The van der Waals surface area contributed by atoms with Crippen molar-refractivity contribution >= 4 is 80.6 Å². The van der Waals surface area contributed by atoms with Gasteiger partial charge >= 0.3 is 0 Å². The highest BCUT2D eigenvalue weighted by Crippen LogP contribution is 2.43. The number of imide groups is 1. The van der Waals surface area contributed by atoms with E-state index in [1.807, 2.05) is 41.4 Å². The van der Waals surface area contributed by atoms with Crippen molar-refractivity contribution in [3.05, 3.63) is 88.5 Å². The fourth-order valence-electron chi connectivity index (χ4n) is 10.00. The zero-order valence-corrected chi connectivity index (χ0v) is 41.3. The largest absolute Gasteiger partial charge is 0.494 e. The van der Waals surface area contributed by atoms with E-state index in [0.29, 0.717) is 77.0 Å². The number of ether oxygens (including phenoxy) is 1. The Morgan fingerprint density at radius 3 is 2.28 bits per heavy atom. The number of anilines is 6. The van der Waals surface area contributed by atoms with Gasteiger partial charge in [0.2, 0.25) is 23.7 Å². The average Bonchev–Trinajstić information content (AvgIpc) is 4.00. The molecule has 3 N–H and O–H groups in total. The number of methoxy groups -OCH3 is 1. The van der Waals surface area contributed by atoms with Crippen LogP contribution in [0.25, 0.3) is 11.1 Å². The van der Waals surface area contributed by atoms with Gasteiger partial charge in [-0.25, -0.2) is 18.2 Å². The van der Waals surface area contributed by atoms with Crippen molar-refractivity contribution in [2.45, 2.75) is 44.1 Å². The first-order chi connectivity index (χ1) is 33.0. The SMILES string of the molecule is COc1cc(N2CCC(N3CCN(C(=O)[C@@H]4CCN(c5cc(F)c(C6CCC(=O)NC6=O)c(F)c5)C4)CC3)CC2)c(-c2cnn(C)c2)cc1Nc1ncc(Br)c(Nc2ccc(F)cc2P(C)(C)=O)n1. The molecule has 4 aliphatic heterocycles. The molecule has 3 amide bonds. The number of halogens is 4. The number of hydrogen-bond acceptors (Lipinski definition) is 13. The summed E-state index contributed by atoms with van der Waals surface area (Å²) in [5, 5.41) is 13.5. The van der Waals surface area contributed by atoms with Crippen LogP contribution in [0, 0.1) is 23.4 Å². The average molecular weight is 1030 g/mol. The smallest absolute Gasteiger partial charge is 0.234 e. The molecule has 6 heterocycles. The zero-order valence-electron chi connectivity index (χ0n) is 38.8. The minimum absolute atomic E-state index is 0.0172. The van der Waals surface area contributed by atoms with Crippen molar-refractivity contribution in [3.63, 3.8) is 0 Å². The molecule has 0 radical (unpaired) electrons. The van der Waals surface area contributed by atoms with E-state index in [1.54, 1.807) is 37.4 Å².